The number of para-hydroxylation sites is 1. The van der Waals surface area contributed by atoms with Crippen LogP contribution in [0.25, 0.3) is 10.9 Å². The summed E-state index contributed by atoms with van der Waals surface area (Å²) in [5.41, 5.74) is 4.78. The highest BCUT2D eigenvalue weighted by Crippen LogP contribution is 2.18. The van der Waals surface area contributed by atoms with Crippen LogP contribution in [0.3, 0.4) is 0 Å². The van der Waals surface area contributed by atoms with Gasteiger partial charge in [0.15, 0.2) is 0 Å². The van der Waals surface area contributed by atoms with Crippen LogP contribution in [0.1, 0.15) is 21.5 Å². The van der Waals surface area contributed by atoms with Gasteiger partial charge in [-0.1, -0.05) is 30.3 Å². The van der Waals surface area contributed by atoms with E-state index in [1.54, 1.807) is 18.3 Å². The maximum Gasteiger partial charge on any atom is 0.259 e. The van der Waals surface area contributed by atoms with Crippen LogP contribution >= 0.6 is 0 Å². The number of hydrogen-bond donors (Lipinski definition) is 3. The van der Waals surface area contributed by atoms with Crippen LogP contribution in [-0.4, -0.2) is 28.4 Å². The Kier molecular flexibility index (Phi) is 5.85. The highest BCUT2D eigenvalue weighted by Gasteiger charge is 2.10. The molecule has 0 atom stereocenters. The molecule has 0 saturated carbocycles. The van der Waals surface area contributed by atoms with Gasteiger partial charge in [0.05, 0.1) is 5.56 Å². The van der Waals surface area contributed by atoms with Crippen molar-refractivity contribution < 1.29 is 4.79 Å². The maximum atomic E-state index is 12.6. The number of pyridine rings is 1. The minimum Gasteiger partial charge on any atom is -0.361 e. The third-order valence-corrected chi connectivity index (χ3v) is 4.76. The van der Waals surface area contributed by atoms with E-state index < -0.39 is 0 Å². The van der Waals surface area contributed by atoms with Gasteiger partial charge in [0.2, 0.25) is 5.96 Å². The molecule has 4 rings (SSSR count). The fourth-order valence-electron chi connectivity index (χ4n) is 3.27. The SMILES string of the molecule is Cc1cccc(NC(=NCCc2c[nH]c3ccccc23)NC(=O)c2cccnc2)c1. The van der Waals surface area contributed by atoms with Crippen LogP contribution in [0.5, 0.6) is 0 Å². The van der Waals surface area contributed by atoms with E-state index >= 15 is 0 Å². The van der Waals surface area contributed by atoms with Gasteiger partial charge in [0.1, 0.15) is 0 Å². The Hall–Kier alpha value is -3.93. The number of H-pyrrole nitrogens is 1. The van der Waals surface area contributed by atoms with Crippen LogP contribution < -0.4 is 10.6 Å². The second-order valence-electron chi connectivity index (χ2n) is 7.03. The summed E-state index contributed by atoms with van der Waals surface area (Å²) < 4.78 is 0. The number of aromatic nitrogens is 2. The molecule has 2 heterocycles. The van der Waals surface area contributed by atoms with Gasteiger partial charge in [0.25, 0.3) is 5.91 Å². The lowest BCUT2D eigenvalue weighted by Gasteiger charge is -2.12. The lowest BCUT2D eigenvalue weighted by Crippen LogP contribution is -2.36. The molecule has 0 aliphatic rings. The molecule has 0 aliphatic heterocycles. The molecule has 1 amide bonds. The first-order valence-corrected chi connectivity index (χ1v) is 9.83. The first-order valence-electron chi connectivity index (χ1n) is 9.83. The number of aliphatic imine (C=N–C) groups is 1. The average molecular weight is 397 g/mol. The fraction of sp³-hybridized carbons (Fsp3) is 0.125. The summed E-state index contributed by atoms with van der Waals surface area (Å²) in [4.78, 5) is 24.5. The van der Waals surface area contributed by atoms with Crippen LogP contribution in [0.2, 0.25) is 0 Å². The van der Waals surface area contributed by atoms with E-state index in [1.165, 1.54) is 17.1 Å². The van der Waals surface area contributed by atoms with E-state index in [4.69, 9.17) is 0 Å². The zero-order valence-corrected chi connectivity index (χ0v) is 16.7. The van der Waals surface area contributed by atoms with Crippen molar-refractivity contribution in [1.29, 1.82) is 0 Å². The Morgan fingerprint density at radius 2 is 2.00 bits per heavy atom. The first-order chi connectivity index (χ1) is 14.7. The second-order valence-corrected chi connectivity index (χ2v) is 7.03. The second kappa shape index (κ2) is 9.05. The maximum absolute atomic E-state index is 12.6. The number of carbonyl (C=O) groups is 1. The van der Waals surface area contributed by atoms with Gasteiger partial charge in [0, 0.05) is 41.7 Å². The van der Waals surface area contributed by atoms with E-state index in [-0.39, 0.29) is 5.91 Å². The van der Waals surface area contributed by atoms with Gasteiger partial charge in [-0.3, -0.25) is 20.1 Å². The summed E-state index contributed by atoms with van der Waals surface area (Å²) >= 11 is 0. The smallest absolute Gasteiger partial charge is 0.259 e. The monoisotopic (exact) mass is 397 g/mol. The van der Waals surface area contributed by atoms with Crippen molar-refractivity contribution in [3.8, 4) is 0 Å². The molecule has 4 aromatic rings. The van der Waals surface area contributed by atoms with Crippen molar-refractivity contribution in [2.24, 2.45) is 4.99 Å². The largest absolute Gasteiger partial charge is 0.361 e. The topological polar surface area (TPSA) is 82.2 Å². The molecule has 2 aromatic carbocycles. The zero-order chi connectivity index (χ0) is 20.8. The van der Waals surface area contributed by atoms with Gasteiger partial charge < -0.3 is 10.3 Å². The predicted octanol–water partition coefficient (Wildman–Crippen LogP) is 4.31. The molecule has 0 spiro atoms. The van der Waals surface area contributed by atoms with Gasteiger partial charge in [-0.25, -0.2) is 0 Å². The molecule has 0 unspecified atom stereocenters. The minimum atomic E-state index is -0.255. The van der Waals surface area contributed by atoms with Crippen molar-refractivity contribution in [1.82, 2.24) is 15.3 Å². The summed E-state index contributed by atoms with van der Waals surface area (Å²) in [6.07, 6.45) is 5.94. The van der Waals surface area contributed by atoms with E-state index in [2.05, 4.69) is 37.7 Å². The van der Waals surface area contributed by atoms with Gasteiger partial charge >= 0.3 is 0 Å². The number of guanidine groups is 1. The molecule has 6 nitrogen and oxygen atoms in total. The number of hydrogen-bond acceptors (Lipinski definition) is 3. The van der Waals surface area contributed by atoms with E-state index in [1.807, 2.05) is 49.5 Å². The number of fused-ring (bicyclic) bond motifs is 1. The van der Waals surface area contributed by atoms with Crippen LogP contribution in [-0.2, 0) is 6.42 Å². The van der Waals surface area contributed by atoms with Gasteiger partial charge in [-0.2, -0.15) is 0 Å². The summed E-state index contributed by atoms with van der Waals surface area (Å²) in [6, 6.07) is 19.6. The molecule has 3 N–H and O–H groups in total. The number of benzene rings is 2. The summed E-state index contributed by atoms with van der Waals surface area (Å²) in [5.74, 6) is 0.156. The van der Waals surface area contributed by atoms with Crippen LogP contribution in [0.4, 0.5) is 5.69 Å². The van der Waals surface area contributed by atoms with Gasteiger partial charge in [-0.15, -0.1) is 0 Å². The minimum absolute atomic E-state index is 0.255. The normalized spacial score (nSPS) is 11.4. The number of aromatic amines is 1. The molecule has 0 saturated heterocycles. The molecule has 0 radical (unpaired) electrons. The zero-order valence-electron chi connectivity index (χ0n) is 16.7. The molecule has 0 bridgehead atoms. The standard InChI is InChI=1S/C24H23N5O/c1-17-6-4-8-20(14-17)28-24(29-23(30)19-7-5-12-25-15-19)26-13-11-18-16-27-22-10-3-2-9-21(18)22/h2-10,12,14-16,27H,11,13H2,1H3,(H2,26,28,29,30). The third kappa shape index (κ3) is 4.72. The number of nitrogens with one attached hydrogen (secondary N) is 3. The lowest BCUT2D eigenvalue weighted by atomic mass is 10.1. The highest BCUT2D eigenvalue weighted by atomic mass is 16.1. The fourth-order valence-corrected chi connectivity index (χ4v) is 3.27. The Morgan fingerprint density at radius 3 is 2.83 bits per heavy atom. The Morgan fingerprint density at radius 1 is 1.10 bits per heavy atom. The number of carbonyl (C=O) groups excluding carboxylic acids is 1. The van der Waals surface area contributed by atoms with Crippen molar-refractivity contribution in [3.63, 3.8) is 0 Å². The van der Waals surface area contributed by atoms with Gasteiger partial charge in [-0.05, 0) is 54.8 Å². The molecule has 0 fully saturated rings. The Labute approximate surface area is 175 Å². The average Bonchev–Trinajstić information content (AvgIpc) is 3.17. The van der Waals surface area contributed by atoms with Crippen molar-refractivity contribution in [3.05, 3.63) is 95.9 Å². The molecule has 0 aliphatic carbocycles. The lowest BCUT2D eigenvalue weighted by molar-refractivity contribution is 0.0976. The molecular weight excluding hydrogens is 374 g/mol. The summed E-state index contributed by atoms with van der Waals surface area (Å²) in [5, 5.41) is 7.29. The van der Waals surface area contributed by atoms with Crippen molar-refractivity contribution >= 4 is 28.5 Å². The summed E-state index contributed by atoms with van der Waals surface area (Å²) in [6.45, 7) is 2.55. The van der Waals surface area contributed by atoms with E-state index in [9.17, 15) is 4.79 Å². The first kappa shape index (κ1) is 19.4. The third-order valence-electron chi connectivity index (χ3n) is 4.76. The quantitative estimate of drug-likeness (QED) is 0.347. The summed E-state index contributed by atoms with van der Waals surface area (Å²) in [7, 11) is 0. The molecule has 150 valence electrons. The molecule has 6 heteroatoms. The molecular formula is C24H23N5O. The molecule has 2 aromatic heterocycles. The van der Waals surface area contributed by atoms with E-state index in [0.717, 1.165) is 23.2 Å². The number of rotatable bonds is 5. The number of nitrogens with zero attached hydrogens (tertiary/aromatic N) is 2. The number of amides is 1. The number of aryl methyl sites for hydroxylation is 1. The van der Waals surface area contributed by atoms with Crippen molar-refractivity contribution in [2.45, 2.75) is 13.3 Å². The van der Waals surface area contributed by atoms with Crippen molar-refractivity contribution in [2.75, 3.05) is 11.9 Å². The predicted molar refractivity (Wildman–Crippen MR) is 121 cm³/mol. The number of anilines is 1. The molecule has 30 heavy (non-hydrogen) atoms. The Balaban J connectivity index is 1.51. The highest BCUT2D eigenvalue weighted by molar-refractivity contribution is 6.09. The van der Waals surface area contributed by atoms with Crippen LogP contribution in [0, 0.1) is 6.92 Å². The van der Waals surface area contributed by atoms with Crippen LogP contribution in [0.15, 0.2) is 84.2 Å². The Bertz CT molecular complexity index is 1180. The van der Waals surface area contributed by atoms with E-state index in [0.29, 0.717) is 18.1 Å².